The van der Waals surface area contributed by atoms with E-state index in [9.17, 15) is 4.79 Å². The van der Waals surface area contributed by atoms with Crippen molar-refractivity contribution in [2.75, 3.05) is 6.54 Å². The van der Waals surface area contributed by atoms with E-state index in [0.29, 0.717) is 6.54 Å². The molecule has 0 bridgehead atoms. The summed E-state index contributed by atoms with van der Waals surface area (Å²) in [6.07, 6.45) is 3.68. The Morgan fingerprint density at radius 1 is 1.80 bits per heavy atom. The number of aliphatic imine (C=N–C) groups is 1. The molecule has 2 N–H and O–H groups in total. The van der Waals surface area contributed by atoms with E-state index in [4.69, 9.17) is 5.11 Å². The Hall–Kier alpha value is -1.32. The maximum Gasteiger partial charge on any atom is 0.340 e. The van der Waals surface area contributed by atoms with Gasteiger partial charge >= 0.3 is 6.03 Å². The smallest absolute Gasteiger partial charge is 0.340 e. The van der Waals surface area contributed by atoms with Crippen LogP contribution in [0.25, 0.3) is 0 Å². The SMILES string of the molecule is CC=NC(=O)NCC=CO. The van der Waals surface area contributed by atoms with E-state index in [1.165, 1.54) is 12.3 Å². The van der Waals surface area contributed by atoms with Crippen molar-refractivity contribution in [1.29, 1.82) is 0 Å². The number of nitrogens with one attached hydrogen (secondary N) is 1. The quantitative estimate of drug-likeness (QED) is 0.443. The normalized spacial score (nSPS) is 10.9. The van der Waals surface area contributed by atoms with Crippen LogP contribution in [0.5, 0.6) is 0 Å². The Morgan fingerprint density at radius 2 is 2.50 bits per heavy atom. The minimum absolute atomic E-state index is 0.298. The first kappa shape index (κ1) is 8.68. The van der Waals surface area contributed by atoms with E-state index in [2.05, 4.69) is 10.3 Å². The molecule has 0 aromatic carbocycles. The maximum absolute atomic E-state index is 10.5. The van der Waals surface area contributed by atoms with E-state index < -0.39 is 6.03 Å². The first-order valence-electron chi connectivity index (χ1n) is 2.87. The fourth-order valence-corrected chi connectivity index (χ4v) is 0.362. The number of carbonyl (C=O) groups excluding carboxylic acids is 1. The molecule has 0 fully saturated rings. The number of urea groups is 1. The molecule has 0 aromatic heterocycles. The van der Waals surface area contributed by atoms with Crippen LogP contribution in [0.15, 0.2) is 17.3 Å². The molecule has 0 aromatic rings. The fraction of sp³-hybridized carbons (Fsp3) is 0.333. The third-order valence-electron chi connectivity index (χ3n) is 0.723. The number of carbonyl (C=O) groups is 1. The molecule has 0 rings (SSSR count). The van der Waals surface area contributed by atoms with Gasteiger partial charge in [0.1, 0.15) is 0 Å². The van der Waals surface area contributed by atoms with Gasteiger partial charge in [-0.1, -0.05) is 0 Å². The second-order valence-electron chi connectivity index (χ2n) is 1.46. The topological polar surface area (TPSA) is 61.7 Å². The molecule has 0 aliphatic heterocycles. The Morgan fingerprint density at radius 3 is 3.00 bits per heavy atom. The van der Waals surface area contributed by atoms with Gasteiger partial charge < -0.3 is 10.4 Å². The number of amides is 2. The lowest BCUT2D eigenvalue weighted by Crippen LogP contribution is -2.19. The van der Waals surface area contributed by atoms with Crippen molar-refractivity contribution >= 4 is 12.2 Å². The lowest BCUT2D eigenvalue weighted by Gasteiger charge is -1.92. The van der Waals surface area contributed by atoms with Gasteiger partial charge in [-0.3, -0.25) is 0 Å². The Bertz CT molecular complexity index is 152. The average Bonchev–Trinajstić information content (AvgIpc) is 1.89. The van der Waals surface area contributed by atoms with E-state index >= 15 is 0 Å². The molecular weight excluding hydrogens is 132 g/mol. The predicted octanol–water partition coefficient (Wildman–Crippen LogP) is 0.858. The summed E-state index contributed by atoms with van der Waals surface area (Å²) < 4.78 is 0. The highest BCUT2D eigenvalue weighted by Gasteiger charge is 1.89. The zero-order valence-electron chi connectivity index (χ0n) is 5.74. The summed E-state index contributed by atoms with van der Waals surface area (Å²) in [5.41, 5.74) is 0. The molecule has 4 heteroatoms. The van der Waals surface area contributed by atoms with Crippen LogP contribution in [0, 0.1) is 0 Å². The monoisotopic (exact) mass is 142 g/mol. The van der Waals surface area contributed by atoms with Gasteiger partial charge in [-0.05, 0) is 13.0 Å². The Balaban J connectivity index is 3.40. The van der Waals surface area contributed by atoms with Crippen LogP contribution in [0.4, 0.5) is 4.79 Å². The maximum atomic E-state index is 10.5. The van der Waals surface area contributed by atoms with E-state index in [1.54, 1.807) is 6.92 Å². The molecule has 0 radical (unpaired) electrons. The summed E-state index contributed by atoms with van der Waals surface area (Å²) in [7, 11) is 0. The van der Waals surface area contributed by atoms with Gasteiger partial charge in [-0.25, -0.2) is 9.79 Å². The number of hydrogen-bond acceptors (Lipinski definition) is 2. The van der Waals surface area contributed by atoms with Crippen molar-refractivity contribution in [1.82, 2.24) is 5.32 Å². The highest BCUT2D eigenvalue weighted by Crippen LogP contribution is 1.71. The summed E-state index contributed by atoms with van der Waals surface area (Å²) in [6.45, 7) is 1.95. The second kappa shape index (κ2) is 5.81. The average molecular weight is 142 g/mol. The standard InChI is InChI=1S/C6H10N2O2/c1-2-7-6(10)8-4-3-5-9/h2-3,5,9H,4H2,1H3,(H,8,10). The minimum Gasteiger partial charge on any atom is -0.516 e. The van der Waals surface area contributed by atoms with Crippen molar-refractivity contribution < 1.29 is 9.90 Å². The summed E-state index contributed by atoms with van der Waals surface area (Å²) in [4.78, 5) is 13.9. The van der Waals surface area contributed by atoms with Gasteiger partial charge in [-0.15, -0.1) is 0 Å². The molecule has 0 atom stereocenters. The molecular formula is C6H10N2O2. The van der Waals surface area contributed by atoms with Crippen LogP contribution >= 0.6 is 0 Å². The highest BCUT2D eigenvalue weighted by molar-refractivity contribution is 5.82. The van der Waals surface area contributed by atoms with Crippen molar-refractivity contribution in [2.45, 2.75) is 6.92 Å². The van der Waals surface area contributed by atoms with Crippen molar-refractivity contribution in [3.8, 4) is 0 Å². The number of hydrogen-bond donors (Lipinski definition) is 2. The van der Waals surface area contributed by atoms with Crippen LogP contribution < -0.4 is 5.32 Å². The number of aliphatic hydroxyl groups is 1. The third kappa shape index (κ3) is 4.83. The molecule has 0 unspecified atom stereocenters. The zero-order chi connectivity index (χ0) is 7.82. The van der Waals surface area contributed by atoms with Gasteiger partial charge in [0.25, 0.3) is 0 Å². The largest absolute Gasteiger partial charge is 0.516 e. The van der Waals surface area contributed by atoms with Crippen LogP contribution in [0.1, 0.15) is 6.92 Å². The molecule has 0 spiro atoms. The van der Waals surface area contributed by atoms with Crippen molar-refractivity contribution in [2.24, 2.45) is 4.99 Å². The van der Waals surface area contributed by atoms with Crippen LogP contribution in [0.3, 0.4) is 0 Å². The van der Waals surface area contributed by atoms with Gasteiger partial charge in [0, 0.05) is 12.8 Å². The summed E-state index contributed by atoms with van der Waals surface area (Å²) in [6, 6.07) is -0.402. The van der Waals surface area contributed by atoms with E-state index in [-0.39, 0.29) is 0 Å². The number of rotatable bonds is 2. The molecule has 4 nitrogen and oxygen atoms in total. The second-order valence-corrected chi connectivity index (χ2v) is 1.46. The van der Waals surface area contributed by atoms with Gasteiger partial charge in [0.2, 0.25) is 0 Å². The molecule has 56 valence electrons. The molecule has 2 amide bonds. The first-order valence-corrected chi connectivity index (χ1v) is 2.87. The minimum atomic E-state index is -0.402. The number of aliphatic hydroxyl groups excluding tert-OH is 1. The van der Waals surface area contributed by atoms with Gasteiger partial charge in [-0.2, -0.15) is 0 Å². The zero-order valence-corrected chi connectivity index (χ0v) is 5.74. The number of nitrogens with zero attached hydrogens (tertiary/aromatic N) is 1. The molecule has 0 saturated heterocycles. The Kier molecular flexibility index (Phi) is 5.04. The molecule has 0 heterocycles. The van der Waals surface area contributed by atoms with E-state index in [0.717, 1.165) is 6.26 Å². The van der Waals surface area contributed by atoms with E-state index in [1.807, 2.05) is 0 Å². The lowest BCUT2D eigenvalue weighted by molar-refractivity contribution is 0.250. The van der Waals surface area contributed by atoms with Crippen molar-refractivity contribution in [3.05, 3.63) is 12.3 Å². The highest BCUT2D eigenvalue weighted by atomic mass is 16.2. The van der Waals surface area contributed by atoms with Gasteiger partial charge in [0.05, 0.1) is 6.26 Å². The van der Waals surface area contributed by atoms with Crippen LogP contribution in [0.2, 0.25) is 0 Å². The van der Waals surface area contributed by atoms with Crippen LogP contribution in [-0.4, -0.2) is 23.9 Å². The molecule has 0 aliphatic carbocycles. The first-order chi connectivity index (χ1) is 4.81. The van der Waals surface area contributed by atoms with Crippen LogP contribution in [-0.2, 0) is 0 Å². The lowest BCUT2D eigenvalue weighted by atomic mass is 10.6. The molecule has 10 heavy (non-hydrogen) atoms. The van der Waals surface area contributed by atoms with Crippen molar-refractivity contribution in [3.63, 3.8) is 0 Å². The fourth-order valence-electron chi connectivity index (χ4n) is 0.362. The van der Waals surface area contributed by atoms with Gasteiger partial charge in [0.15, 0.2) is 0 Å². The Labute approximate surface area is 59.3 Å². The third-order valence-corrected chi connectivity index (χ3v) is 0.723. The summed E-state index contributed by atoms with van der Waals surface area (Å²) in [5, 5.41) is 10.5. The predicted molar refractivity (Wildman–Crippen MR) is 39.3 cm³/mol. The molecule has 0 saturated carbocycles. The summed E-state index contributed by atoms with van der Waals surface area (Å²) in [5.74, 6) is 0. The summed E-state index contributed by atoms with van der Waals surface area (Å²) >= 11 is 0. The molecule has 0 aliphatic rings.